The largest absolute Gasteiger partial charge is 0.492 e. The number of carbonyl (C=O) groups is 2. The highest BCUT2D eigenvalue weighted by Crippen LogP contribution is 2.35. The number of urea groups is 1. The van der Waals surface area contributed by atoms with Crippen molar-refractivity contribution in [2.45, 2.75) is 31.8 Å². The van der Waals surface area contributed by atoms with E-state index in [2.05, 4.69) is 10.6 Å². The first-order chi connectivity index (χ1) is 13.0. The third kappa shape index (κ3) is 5.16. The fraction of sp³-hybridized carbons (Fsp3) is 0.556. The Bertz CT molecular complexity index is 677. The molecular formula is C18H25N3O6. The van der Waals surface area contributed by atoms with E-state index in [9.17, 15) is 9.59 Å². The summed E-state index contributed by atoms with van der Waals surface area (Å²) in [7, 11) is 0. The normalized spacial score (nSPS) is 20.1. The Morgan fingerprint density at radius 3 is 2.81 bits per heavy atom. The van der Waals surface area contributed by atoms with Gasteiger partial charge in [0.25, 0.3) is 0 Å². The van der Waals surface area contributed by atoms with Crippen LogP contribution < -0.4 is 24.8 Å². The predicted molar refractivity (Wildman–Crippen MR) is 96.3 cm³/mol. The number of benzene rings is 1. The second-order valence-corrected chi connectivity index (χ2v) is 6.54. The van der Waals surface area contributed by atoms with E-state index in [4.69, 9.17) is 19.3 Å². The van der Waals surface area contributed by atoms with Crippen LogP contribution in [0.25, 0.3) is 0 Å². The molecule has 0 atom stereocenters. The molecule has 2 aliphatic rings. The number of aliphatic carboxylic acids is 1. The van der Waals surface area contributed by atoms with Gasteiger partial charge in [-0.2, -0.15) is 0 Å². The molecule has 0 aromatic heterocycles. The molecule has 3 N–H and O–H groups in total. The monoisotopic (exact) mass is 379 g/mol. The molecule has 1 aliphatic heterocycles. The molecule has 0 saturated heterocycles. The van der Waals surface area contributed by atoms with Crippen molar-refractivity contribution in [2.75, 3.05) is 33.0 Å². The lowest BCUT2D eigenvalue weighted by Crippen LogP contribution is -2.56. The summed E-state index contributed by atoms with van der Waals surface area (Å²) in [4.78, 5) is 24.7. The van der Waals surface area contributed by atoms with Gasteiger partial charge < -0.3 is 30.0 Å². The first kappa shape index (κ1) is 19.1. The molecule has 148 valence electrons. The van der Waals surface area contributed by atoms with Crippen molar-refractivity contribution in [3.05, 3.63) is 18.2 Å². The second-order valence-electron chi connectivity index (χ2n) is 6.54. The second kappa shape index (κ2) is 8.81. The Morgan fingerprint density at radius 2 is 2.07 bits per heavy atom. The highest BCUT2D eigenvalue weighted by atomic mass is 16.7. The van der Waals surface area contributed by atoms with Crippen LogP contribution in [0.5, 0.6) is 17.2 Å². The maximum Gasteiger partial charge on any atom is 0.317 e. The summed E-state index contributed by atoms with van der Waals surface area (Å²) in [5.74, 6) is 1.18. The van der Waals surface area contributed by atoms with E-state index in [1.54, 1.807) is 18.2 Å². The van der Waals surface area contributed by atoms with Crippen molar-refractivity contribution in [1.29, 1.82) is 0 Å². The number of fused-ring (bicyclic) bond motifs is 1. The fourth-order valence-electron chi connectivity index (χ4n) is 3.21. The molecule has 27 heavy (non-hydrogen) atoms. The van der Waals surface area contributed by atoms with Crippen molar-refractivity contribution in [1.82, 2.24) is 15.5 Å². The number of amides is 2. The summed E-state index contributed by atoms with van der Waals surface area (Å²) in [5.41, 5.74) is 0. The lowest BCUT2D eigenvalue weighted by Gasteiger charge is -2.42. The molecule has 1 aromatic rings. The zero-order valence-electron chi connectivity index (χ0n) is 15.3. The lowest BCUT2D eigenvalue weighted by atomic mass is 9.85. The summed E-state index contributed by atoms with van der Waals surface area (Å²) in [6.07, 6.45) is 1.53. The van der Waals surface area contributed by atoms with Crippen molar-refractivity contribution in [3.8, 4) is 17.2 Å². The molecule has 9 nitrogen and oxygen atoms in total. The average molecular weight is 379 g/mol. The number of hydrogen-bond acceptors (Lipinski definition) is 6. The van der Waals surface area contributed by atoms with E-state index in [0.29, 0.717) is 36.9 Å². The Labute approximate surface area is 157 Å². The van der Waals surface area contributed by atoms with Crippen LogP contribution in [0.2, 0.25) is 0 Å². The molecule has 0 bridgehead atoms. The van der Waals surface area contributed by atoms with Crippen LogP contribution in [0.15, 0.2) is 18.2 Å². The molecule has 1 saturated carbocycles. The van der Waals surface area contributed by atoms with Crippen LogP contribution in [-0.4, -0.2) is 67.1 Å². The number of carboxylic acids is 1. The van der Waals surface area contributed by atoms with Gasteiger partial charge >= 0.3 is 12.0 Å². The molecule has 3 rings (SSSR count). The summed E-state index contributed by atoms with van der Waals surface area (Å²) in [6.45, 7) is 3.59. The Hall–Kier alpha value is -2.68. The molecule has 0 unspecified atom stereocenters. The third-order valence-corrected chi connectivity index (χ3v) is 4.71. The number of nitrogens with one attached hydrogen (secondary N) is 2. The van der Waals surface area contributed by atoms with Gasteiger partial charge in [-0.3, -0.25) is 9.69 Å². The van der Waals surface area contributed by atoms with Crippen molar-refractivity contribution < 1.29 is 28.9 Å². The van der Waals surface area contributed by atoms with E-state index in [0.717, 1.165) is 12.8 Å². The van der Waals surface area contributed by atoms with E-state index < -0.39 is 5.97 Å². The van der Waals surface area contributed by atoms with Crippen molar-refractivity contribution >= 4 is 12.0 Å². The molecule has 9 heteroatoms. The van der Waals surface area contributed by atoms with Gasteiger partial charge in [-0.25, -0.2) is 4.79 Å². The Kier molecular flexibility index (Phi) is 6.23. The molecular weight excluding hydrogens is 354 g/mol. The maximum atomic E-state index is 11.9. The predicted octanol–water partition coefficient (Wildman–Crippen LogP) is 1.03. The number of carboxylic acid groups (broad SMARTS) is 1. The standard InChI is InChI=1S/C18H25N3O6/c1-2-21(10-17(22)23)13-7-12(8-13)20-18(24)19-5-6-25-14-3-4-15-16(9-14)27-11-26-15/h3-4,9,12-13H,2,5-8,10-11H2,1H3,(H,22,23)(H2,19,20,24). The van der Waals surface area contributed by atoms with Crippen LogP contribution in [0.3, 0.4) is 0 Å². The summed E-state index contributed by atoms with van der Waals surface area (Å²) < 4.78 is 16.1. The molecule has 1 aromatic carbocycles. The minimum Gasteiger partial charge on any atom is -0.492 e. The van der Waals surface area contributed by atoms with Crippen molar-refractivity contribution in [2.24, 2.45) is 0 Å². The van der Waals surface area contributed by atoms with E-state index >= 15 is 0 Å². The number of carbonyl (C=O) groups excluding carboxylic acids is 1. The molecule has 1 fully saturated rings. The van der Waals surface area contributed by atoms with Crippen LogP contribution in [0, 0.1) is 0 Å². The summed E-state index contributed by atoms with van der Waals surface area (Å²) >= 11 is 0. The zero-order valence-corrected chi connectivity index (χ0v) is 15.3. The highest BCUT2D eigenvalue weighted by Gasteiger charge is 2.34. The minimum absolute atomic E-state index is 0.0390. The van der Waals surface area contributed by atoms with Crippen LogP contribution in [0.4, 0.5) is 4.79 Å². The first-order valence-corrected chi connectivity index (χ1v) is 9.07. The van der Waals surface area contributed by atoms with Gasteiger partial charge in [0.05, 0.1) is 13.1 Å². The summed E-state index contributed by atoms with van der Waals surface area (Å²) in [5, 5.41) is 14.5. The number of hydrogen-bond donors (Lipinski definition) is 3. The lowest BCUT2D eigenvalue weighted by molar-refractivity contribution is -0.139. The maximum absolute atomic E-state index is 11.9. The van der Waals surface area contributed by atoms with Gasteiger partial charge in [-0.1, -0.05) is 6.92 Å². The van der Waals surface area contributed by atoms with Gasteiger partial charge in [0, 0.05) is 18.2 Å². The number of rotatable bonds is 9. The fourth-order valence-corrected chi connectivity index (χ4v) is 3.21. The quantitative estimate of drug-likeness (QED) is 0.550. The van der Waals surface area contributed by atoms with Gasteiger partial charge in [0.2, 0.25) is 6.79 Å². The highest BCUT2D eigenvalue weighted by molar-refractivity contribution is 5.74. The Balaban J connectivity index is 1.29. The third-order valence-electron chi connectivity index (χ3n) is 4.71. The minimum atomic E-state index is -0.825. The number of nitrogens with zero attached hydrogens (tertiary/aromatic N) is 1. The van der Waals surface area contributed by atoms with Crippen molar-refractivity contribution in [3.63, 3.8) is 0 Å². The summed E-state index contributed by atoms with van der Waals surface area (Å²) in [6, 6.07) is 5.38. The van der Waals surface area contributed by atoms with Crippen LogP contribution >= 0.6 is 0 Å². The molecule has 2 amide bonds. The molecule has 0 radical (unpaired) electrons. The average Bonchev–Trinajstić information content (AvgIpc) is 3.07. The molecule has 1 aliphatic carbocycles. The van der Waals surface area contributed by atoms with Crippen LogP contribution in [-0.2, 0) is 4.79 Å². The van der Waals surface area contributed by atoms with E-state index in [-0.39, 0.29) is 31.5 Å². The smallest absolute Gasteiger partial charge is 0.317 e. The first-order valence-electron chi connectivity index (χ1n) is 9.07. The topological polar surface area (TPSA) is 109 Å². The van der Waals surface area contributed by atoms with E-state index in [1.807, 2.05) is 11.8 Å². The van der Waals surface area contributed by atoms with E-state index in [1.165, 1.54) is 0 Å². The number of ether oxygens (including phenoxy) is 3. The van der Waals surface area contributed by atoms with Crippen LogP contribution in [0.1, 0.15) is 19.8 Å². The molecule has 0 spiro atoms. The van der Waals surface area contributed by atoms with Gasteiger partial charge in [0.1, 0.15) is 12.4 Å². The van der Waals surface area contributed by atoms with Gasteiger partial charge in [-0.15, -0.1) is 0 Å². The van der Waals surface area contributed by atoms with Gasteiger partial charge in [-0.05, 0) is 31.5 Å². The number of likely N-dealkylation sites (N-methyl/N-ethyl adjacent to an activating group) is 1. The SMILES string of the molecule is CCN(CC(=O)O)C1CC(NC(=O)NCCOc2ccc3c(c2)OCO3)C1. The van der Waals surface area contributed by atoms with Gasteiger partial charge in [0.15, 0.2) is 11.5 Å². The zero-order chi connectivity index (χ0) is 19.2. The Morgan fingerprint density at radius 1 is 1.30 bits per heavy atom. The molecule has 1 heterocycles.